The van der Waals surface area contributed by atoms with Crippen LogP contribution in [0.4, 0.5) is 0 Å². The molecule has 0 atom stereocenters. The Kier molecular flexibility index (Phi) is 5.71. The quantitative estimate of drug-likeness (QED) is 0.704. The monoisotopic (exact) mass is 309 g/mol. The highest BCUT2D eigenvalue weighted by Gasteiger charge is 2.21. The molecule has 0 aliphatic heterocycles. The van der Waals surface area contributed by atoms with Crippen molar-refractivity contribution in [2.45, 2.75) is 51.6 Å². The van der Waals surface area contributed by atoms with E-state index >= 15 is 0 Å². The van der Waals surface area contributed by atoms with Crippen LogP contribution in [0.25, 0.3) is 0 Å². The molecule has 0 bridgehead atoms. The summed E-state index contributed by atoms with van der Waals surface area (Å²) in [6.45, 7) is 4.49. The third kappa shape index (κ3) is 3.83. The summed E-state index contributed by atoms with van der Waals surface area (Å²) in [6, 6.07) is 9.96. The van der Waals surface area contributed by atoms with E-state index in [-0.39, 0.29) is 0 Å². The minimum atomic E-state index is 0.813. The number of rotatable bonds is 6. The zero-order valence-corrected chi connectivity index (χ0v) is 13.0. The molecule has 0 unspecified atom stereocenters. The zero-order chi connectivity index (χ0) is 12.8. The maximum atomic E-state index is 3.59. The number of hydrogen-bond donors (Lipinski definition) is 0. The zero-order valence-electron chi connectivity index (χ0n) is 11.4. The first-order valence-electron chi connectivity index (χ1n) is 7.21. The molecule has 0 heterocycles. The van der Waals surface area contributed by atoms with E-state index in [0.29, 0.717) is 0 Å². The van der Waals surface area contributed by atoms with Gasteiger partial charge in [0, 0.05) is 24.5 Å². The Morgan fingerprint density at radius 2 is 1.72 bits per heavy atom. The van der Waals surface area contributed by atoms with Crippen LogP contribution in [0.3, 0.4) is 0 Å². The third-order valence-corrected chi connectivity index (χ3v) is 4.38. The SMILES string of the molecule is CCc1ccc(CN(CCBr)C2CCCC2)cc1. The first-order valence-corrected chi connectivity index (χ1v) is 8.33. The molecule has 0 amide bonds. The van der Waals surface area contributed by atoms with Crippen molar-refractivity contribution >= 4 is 15.9 Å². The van der Waals surface area contributed by atoms with Crippen molar-refractivity contribution in [1.29, 1.82) is 0 Å². The summed E-state index contributed by atoms with van der Waals surface area (Å²) in [4.78, 5) is 2.66. The molecule has 2 rings (SSSR count). The normalized spacial score (nSPS) is 16.6. The first kappa shape index (κ1) is 14.1. The molecule has 0 N–H and O–H groups in total. The van der Waals surface area contributed by atoms with Crippen LogP contribution >= 0.6 is 15.9 Å². The summed E-state index contributed by atoms with van der Waals surface area (Å²) in [6.07, 6.45) is 6.74. The van der Waals surface area contributed by atoms with Gasteiger partial charge in [0.2, 0.25) is 0 Å². The van der Waals surface area contributed by atoms with E-state index in [0.717, 1.165) is 24.3 Å². The van der Waals surface area contributed by atoms with Gasteiger partial charge in [0.1, 0.15) is 0 Å². The summed E-state index contributed by atoms with van der Waals surface area (Å²) in [5.74, 6) is 0. The Labute approximate surface area is 120 Å². The first-order chi connectivity index (χ1) is 8.83. The molecule has 1 aromatic carbocycles. The second kappa shape index (κ2) is 7.30. The largest absolute Gasteiger partial charge is 0.295 e. The Morgan fingerprint density at radius 1 is 1.11 bits per heavy atom. The van der Waals surface area contributed by atoms with Crippen molar-refractivity contribution in [3.05, 3.63) is 35.4 Å². The van der Waals surface area contributed by atoms with E-state index in [2.05, 4.69) is 52.0 Å². The van der Waals surface area contributed by atoms with E-state index in [1.807, 2.05) is 0 Å². The molecule has 2 heteroatoms. The predicted octanol–water partition coefficient (Wildman–Crippen LogP) is 4.39. The molecule has 0 saturated heterocycles. The molecule has 1 aliphatic rings. The van der Waals surface area contributed by atoms with Gasteiger partial charge in [-0.15, -0.1) is 0 Å². The van der Waals surface area contributed by atoms with Crippen LogP contribution in [0, 0.1) is 0 Å². The Balaban J connectivity index is 1.98. The van der Waals surface area contributed by atoms with Crippen LogP contribution in [0.5, 0.6) is 0 Å². The Bertz CT molecular complexity index is 341. The highest BCUT2D eigenvalue weighted by molar-refractivity contribution is 9.09. The van der Waals surface area contributed by atoms with E-state index < -0.39 is 0 Å². The van der Waals surface area contributed by atoms with Gasteiger partial charge in [-0.25, -0.2) is 0 Å². The molecule has 1 fully saturated rings. The van der Waals surface area contributed by atoms with Crippen LogP contribution in [0.15, 0.2) is 24.3 Å². The van der Waals surface area contributed by atoms with Crippen LogP contribution in [-0.4, -0.2) is 22.8 Å². The van der Waals surface area contributed by atoms with Crippen LogP contribution < -0.4 is 0 Å². The lowest BCUT2D eigenvalue weighted by Gasteiger charge is -2.28. The van der Waals surface area contributed by atoms with Crippen molar-refractivity contribution in [2.75, 3.05) is 11.9 Å². The summed E-state index contributed by atoms with van der Waals surface area (Å²) in [5, 5.41) is 1.08. The highest BCUT2D eigenvalue weighted by atomic mass is 79.9. The summed E-state index contributed by atoms with van der Waals surface area (Å²) in [7, 11) is 0. The van der Waals surface area contributed by atoms with E-state index in [1.165, 1.54) is 43.4 Å². The van der Waals surface area contributed by atoms with Gasteiger partial charge >= 0.3 is 0 Å². The van der Waals surface area contributed by atoms with Crippen molar-refractivity contribution in [1.82, 2.24) is 4.90 Å². The number of aryl methyl sites for hydroxylation is 1. The lowest BCUT2D eigenvalue weighted by molar-refractivity contribution is 0.202. The molecule has 1 nitrogen and oxygen atoms in total. The average molecular weight is 310 g/mol. The second-order valence-corrected chi connectivity index (χ2v) is 6.06. The van der Waals surface area contributed by atoms with E-state index in [9.17, 15) is 0 Å². The van der Waals surface area contributed by atoms with Gasteiger partial charge in [0.05, 0.1) is 0 Å². The standard InChI is InChI=1S/C16H24BrN/c1-2-14-7-9-15(10-8-14)13-18(12-11-17)16-5-3-4-6-16/h7-10,16H,2-6,11-13H2,1H3. The Morgan fingerprint density at radius 3 is 2.28 bits per heavy atom. The Hall–Kier alpha value is -0.340. The summed E-state index contributed by atoms with van der Waals surface area (Å²) < 4.78 is 0. The van der Waals surface area contributed by atoms with Gasteiger partial charge in [0.15, 0.2) is 0 Å². The minimum Gasteiger partial charge on any atom is -0.295 e. The van der Waals surface area contributed by atoms with Crippen molar-refractivity contribution in [3.8, 4) is 0 Å². The average Bonchev–Trinajstić information content (AvgIpc) is 2.93. The lowest BCUT2D eigenvalue weighted by atomic mass is 10.1. The lowest BCUT2D eigenvalue weighted by Crippen LogP contribution is -2.34. The number of nitrogens with zero attached hydrogens (tertiary/aromatic N) is 1. The minimum absolute atomic E-state index is 0.813. The number of hydrogen-bond acceptors (Lipinski definition) is 1. The summed E-state index contributed by atoms with van der Waals surface area (Å²) >= 11 is 3.59. The molecule has 100 valence electrons. The molecule has 18 heavy (non-hydrogen) atoms. The van der Waals surface area contributed by atoms with Gasteiger partial charge < -0.3 is 0 Å². The molecular formula is C16H24BrN. The molecule has 1 aliphatic carbocycles. The van der Waals surface area contributed by atoms with Gasteiger partial charge in [0.25, 0.3) is 0 Å². The molecular weight excluding hydrogens is 286 g/mol. The van der Waals surface area contributed by atoms with E-state index in [4.69, 9.17) is 0 Å². The topological polar surface area (TPSA) is 3.24 Å². The van der Waals surface area contributed by atoms with Gasteiger partial charge in [-0.3, -0.25) is 4.90 Å². The van der Waals surface area contributed by atoms with Crippen LogP contribution in [-0.2, 0) is 13.0 Å². The maximum absolute atomic E-state index is 3.59. The van der Waals surface area contributed by atoms with Crippen molar-refractivity contribution in [3.63, 3.8) is 0 Å². The fourth-order valence-corrected chi connectivity index (χ4v) is 3.34. The molecule has 0 aromatic heterocycles. The fraction of sp³-hybridized carbons (Fsp3) is 0.625. The predicted molar refractivity (Wildman–Crippen MR) is 82.3 cm³/mol. The molecule has 1 aromatic rings. The summed E-state index contributed by atoms with van der Waals surface area (Å²) in [5.41, 5.74) is 2.90. The fourth-order valence-electron chi connectivity index (χ4n) is 2.88. The third-order valence-electron chi connectivity index (χ3n) is 4.03. The highest BCUT2D eigenvalue weighted by Crippen LogP contribution is 2.25. The van der Waals surface area contributed by atoms with Gasteiger partial charge in [-0.05, 0) is 30.4 Å². The van der Waals surface area contributed by atoms with Gasteiger partial charge in [-0.1, -0.05) is 60.0 Å². The van der Waals surface area contributed by atoms with Crippen molar-refractivity contribution < 1.29 is 0 Å². The van der Waals surface area contributed by atoms with Crippen LogP contribution in [0.1, 0.15) is 43.7 Å². The van der Waals surface area contributed by atoms with Crippen molar-refractivity contribution in [2.24, 2.45) is 0 Å². The molecule has 0 spiro atoms. The number of benzene rings is 1. The number of alkyl halides is 1. The molecule has 0 radical (unpaired) electrons. The second-order valence-electron chi connectivity index (χ2n) is 5.27. The van der Waals surface area contributed by atoms with Crippen LogP contribution in [0.2, 0.25) is 0 Å². The maximum Gasteiger partial charge on any atom is 0.0237 e. The molecule has 1 saturated carbocycles. The smallest absolute Gasteiger partial charge is 0.0237 e. The van der Waals surface area contributed by atoms with Gasteiger partial charge in [-0.2, -0.15) is 0 Å². The number of halogens is 1. The van der Waals surface area contributed by atoms with E-state index in [1.54, 1.807) is 0 Å².